The van der Waals surface area contributed by atoms with Crippen LogP contribution in [0.25, 0.3) is 11.1 Å². The highest BCUT2D eigenvalue weighted by Crippen LogP contribution is 2.50. The van der Waals surface area contributed by atoms with Gasteiger partial charge in [0.25, 0.3) is 0 Å². The first-order valence-corrected chi connectivity index (χ1v) is 13.6. The van der Waals surface area contributed by atoms with Crippen molar-refractivity contribution in [3.63, 3.8) is 0 Å². The van der Waals surface area contributed by atoms with Crippen LogP contribution in [-0.2, 0) is 20.7 Å². The fourth-order valence-electron chi connectivity index (χ4n) is 5.05. The Bertz CT molecular complexity index is 1250. The lowest BCUT2D eigenvalue weighted by Crippen LogP contribution is -2.26. The van der Waals surface area contributed by atoms with Crippen LogP contribution >= 0.6 is 0 Å². The van der Waals surface area contributed by atoms with E-state index in [0.29, 0.717) is 61.9 Å². The molecule has 2 amide bonds. The lowest BCUT2D eigenvalue weighted by atomic mass is 9.95. The molecular weight excluding hydrogens is 514 g/mol. The SMILES string of the molecule is COCCNC(=O)CCCCCNc1ccc2c(cc1=O)[C@@H](NC(C)=O)CCc1cc(OC)c(OC)c(OC)c1-2. The third-order valence-corrected chi connectivity index (χ3v) is 6.94. The third kappa shape index (κ3) is 7.65. The van der Waals surface area contributed by atoms with Gasteiger partial charge in [0, 0.05) is 39.1 Å². The van der Waals surface area contributed by atoms with Crippen molar-refractivity contribution < 1.29 is 28.5 Å². The lowest BCUT2D eigenvalue weighted by Gasteiger charge is -2.19. The molecule has 2 aromatic rings. The maximum absolute atomic E-state index is 13.3. The van der Waals surface area contributed by atoms with Crippen molar-refractivity contribution in [2.24, 2.45) is 0 Å². The number of rotatable bonds is 14. The van der Waals surface area contributed by atoms with Crippen LogP contribution in [0.3, 0.4) is 0 Å². The van der Waals surface area contributed by atoms with Crippen molar-refractivity contribution in [3.8, 4) is 28.4 Å². The molecule has 10 nitrogen and oxygen atoms in total. The lowest BCUT2D eigenvalue weighted by molar-refractivity contribution is -0.121. The molecule has 1 aliphatic carbocycles. The van der Waals surface area contributed by atoms with Crippen LogP contribution in [0.2, 0.25) is 0 Å². The van der Waals surface area contributed by atoms with Crippen LogP contribution < -0.4 is 35.6 Å². The van der Waals surface area contributed by atoms with E-state index in [0.717, 1.165) is 41.5 Å². The fraction of sp³-hybridized carbons (Fsp3) is 0.500. The van der Waals surface area contributed by atoms with E-state index in [2.05, 4.69) is 16.0 Å². The van der Waals surface area contributed by atoms with Gasteiger partial charge in [-0.25, -0.2) is 0 Å². The highest BCUT2D eigenvalue weighted by Gasteiger charge is 2.29. The van der Waals surface area contributed by atoms with Crippen LogP contribution in [0.5, 0.6) is 17.2 Å². The van der Waals surface area contributed by atoms with Crippen LogP contribution in [0, 0.1) is 0 Å². The summed E-state index contributed by atoms with van der Waals surface area (Å²) in [6, 6.07) is 6.86. The van der Waals surface area contributed by atoms with Crippen molar-refractivity contribution in [2.45, 2.75) is 51.5 Å². The molecule has 3 N–H and O–H groups in total. The first-order valence-electron chi connectivity index (χ1n) is 13.6. The fourth-order valence-corrected chi connectivity index (χ4v) is 5.05. The third-order valence-electron chi connectivity index (χ3n) is 6.94. The largest absolute Gasteiger partial charge is 0.493 e. The molecule has 40 heavy (non-hydrogen) atoms. The first-order chi connectivity index (χ1) is 19.3. The van der Waals surface area contributed by atoms with E-state index >= 15 is 0 Å². The molecule has 0 saturated carbocycles. The smallest absolute Gasteiger partial charge is 0.220 e. The molecule has 1 atom stereocenters. The Balaban J connectivity index is 1.87. The summed E-state index contributed by atoms with van der Waals surface area (Å²) in [5.74, 6) is 1.38. The van der Waals surface area contributed by atoms with Crippen molar-refractivity contribution in [2.75, 3.05) is 53.5 Å². The monoisotopic (exact) mass is 555 g/mol. The summed E-state index contributed by atoms with van der Waals surface area (Å²) < 4.78 is 22.0. The van der Waals surface area contributed by atoms with E-state index in [-0.39, 0.29) is 23.3 Å². The van der Waals surface area contributed by atoms with Crippen LogP contribution in [0.15, 0.2) is 29.1 Å². The summed E-state index contributed by atoms with van der Waals surface area (Å²) in [5.41, 5.74) is 3.59. The highest BCUT2D eigenvalue weighted by atomic mass is 16.5. The second-order valence-corrected chi connectivity index (χ2v) is 9.68. The summed E-state index contributed by atoms with van der Waals surface area (Å²) in [6.07, 6.45) is 4.13. The number of fused-ring (bicyclic) bond motifs is 3. The Morgan fingerprint density at radius 1 is 0.950 bits per heavy atom. The number of benzene rings is 1. The zero-order chi connectivity index (χ0) is 29.1. The first kappa shape index (κ1) is 30.7. The van der Waals surface area contributed by atoms with Gasteiger partial charge in [-0.05, 0) is 60.6 Å². The minimum atomic E-state index is -0.357. The number of hydrogen-bond acceptors (Lipinski definition) is 8. The maximum atomic E-state index is 13.3. The molecule has 10 heteroatoms. The molecule has 1 aliphatic rings. The van der Waals surface area contributed by atoms with Gasteiger partial charge in [0.15, 0.2) is 11.5 Å². The second-order valence-electron chi connectivity index (χ2n) is 9.68. The Labute approximate surface area is 235 Å². The Hall–Kier alpha value is -3.79. The van der Waals surface area contributed by atoms with Crippen molar-refractivity contribution >= 4 is 17.5 Å². The van der Waals surface area contributed by atoms with E-state index < -0.39 is 0 Å². The predicted octanol–water partition coefficient (Wildman–Crippen LogP) is 3.60. The van der Waals surface area contributed by atoms with E-state index in [1.807, 2.05) is 12.1 Å². The molecule has 0 unspecified atom stereocenters. The molecule has 0 aromatic heterocycles. The molecule has 3 rings (SSSR count). The van der Waals surface area contributed by atoms with Crippen molar-refractivity contribution in [1.29, 1.82) is 0 Å². The minimum absolute atomic E-state index is 0.0159. The number of unbranched alkanes of at least 4 members (excludes halogenated alkanes) is 2. The molecule has 0 saturated heterocycles. The molecule has 0 spiro atoms. The van der Waals surface area contributed by atoms with E-state index in [1.165, 1.54) is 6.92 Å². The minimum Gasteiger partial charge on any atom is -0.493 e. The molecule has 0 aliphatic heterocycles. The number of amides is 2. The number of hydrogen-bond donors (Lipinski definition) is 3. The average Bonchev–Trinajstić information content (AvgIpc) is 3.18. The number of methoxy groups -OCH3 is 4. The van der Waals surface area contributed by atoms with Gasteiger partial charge in [0.05, 0.1) is 39.7 Å². The van der Waals surface area contributed by atoms with Gasteiger partial charge < -0.3 is 34.9 Å². The van der Waals surface area contributed by atoms with Gasteiger partial charge in [-0.1, -0.05) is 12.5 Å². The van der Waals surface area contributed by atoms with Crippen LogP contribution in [0.1, 0.15) is 56.2 Å². The Morgan fingerprint density at radius 3 is 2.40 bits per heavy atom. The van der Waals surface area contributed by atoms with Gasteiger partial charge in [-0.2, -0.15) is 0 Å². The molecule has 218 valence electrons. The Kier molecular flexibility index (Phi) is 11.6. The molecule has 2 aromatic carbocycles. The van der Waals surface area contributed by atoms with Gasteiger partial charge in [0.2, 0.25) is 23.0 Å². The van der Waals surface area contributed by atoms with Crippen molar-refractivity contribution in [1.82, 2.24) is 10.6 Å². The molecular formula is C30H41N3O7. The topological polar surface area (TPSA) is 124 Å². The summed E-state index contributed by atoms with van der Waals surface area (Å²) >= 11 is 0. The molecule has 0 radical (unpaired) electrons. The number of ether oxygens (including phenoxy) is 4. The van der Waals surface area contributed by atoms with E-state index in [9.17, 15) is 14.4 Å². The van der Waals surface area contributed by atoms with E-state index in [1.54, 1.807) is 40.6 Å². The predicted molar refractivity (Wildman–Crippen MR) is 155 cm³/mol. The zero-order valence-corrected chi connectivity index (χ0v) is 24.1. The normalized spacial score (nSPS) is 13.8. The Morgan fingerprint density at radius 2 is 1.73 bits per heavy atom. The number of anilines is 1. The van der Waals surface area contributed by atoms with Gasteiger partial charge >= 0.3 is 0 Å². The van der Waals surface area contributed by atoms with Gasteiger partial charge in [-0.3, -0.25) is 14.4 Å². The molecule has 0 bridgehead atoms. The molecule has 0 fully saturated rings. The van der Waals surface area contributed by atoms with E-state index in [4.69, 9.17) is 18.9 Å². The summed E-state index contributed by atoms with van der Waals surface area (Å²) in [7, 11) is 6.31. The standard InChI is InChI=1S/C30H41N3O7/c1-19(34)33-23-12-10-20-17-26(38-3)29(39-4)30(40-5)28(20)21-11-13-24(25(35)18-22(21)23)31-14-8-6-7-9-27(36)32-15-16-37-2/h11,13,17-18,23H,6-10,12,14-16H2,1-5H3,(H,31,35)(H,32,36)(H,33,34)/t23-/m0/s1. The second kappa shape index (κ2) is 15.1. The number of carbonyl (C=O) groups excluding carboxylic acids is 2. The van der Waals surface area contributed by atoms with Crippen LogP contribution in [-0.4, -0.2) is 59.9 Å². The average molecular weight is 556 g/mol. The quantitative estimate of drug-likeness (QED) is 0.302. The van der Waals surface area contributed by atoms with Crippen molar-refractivity contribution in [3.05, 3.63) is 45.6 Å². The highest BCUT2D eigenvalue weighted by molar-refractivity contribution is 5.83. The summed E-state index contributed by atoms with van der Waals surface area (Å²) in [6.45, 7) is 3.07. The maximum Gasteiger partial charge on any atom is 0.220 e. The number of aryl methyl sites for hydroxylation is 1. The molecule has 0 heterocycles. The summed E-state index contributed by atoms with van der Waals surface area (Å²) in [5, 5.41) is 9.09. The number of nitrogens with one attached hydrogen (secondary N) is 3. The van der Waals surface area contributed by atoms with Gasteiger partial charge in [-0.15, -0.1) is 0 Å². The zero-order valence-electron chi connectivity index (χ0n) is 24.1. The summed E-state index contributed by atoms with van der Waals surface area (Å²) in [4.78, 5) is 37.3. The number of carbonyl (C=O) groups is 2. The van der Waals surface area contributed by atoms with Gasteiger partial charge in [0.1, 0.15) is 0 Å². The van der Waals surface area contributed by atoms with Crippen LogP contribution in [0.4, 0.5) is 5.69 Å².